The van der Waals surface area contributed by atoms with Crippen molar-refractivity contribution in [1.29, 1.82) is 0 Å². The van der Waals surface area contributed by atoms with Gasteiger partial charge in [-0.3, -0.25) is 0 Å². The monoisotopic (exact) mass is 203 g/mol. The van der Waals surface area contributed by atoms with Crippen molar-refractivity contribution in [2.45, 2.75) is 20.4 Å². The molecule has 3 heteroatoms. The Morgan fingerprint density at radius 2 is 1.87 bits per heavy atom. The Morgan fingerprint density at radius 3 is 2.53 bits per heavy atom. The second-order valence-corrected chi connectivity index (χ2v) is 4.37. The lowest BCUT2D eigenvalue weighted by atomic mass is 10.1. The van der Waals surface area contributed by atoms with Crippen LogP contribution in [0, 0.1) is 13.8 Å². The highest BCUT2D eigenvalue weighted by Gasteiger charge is 2.05. The molecule has 1 heterocycles. The first-order valence-electron chi connectivity index (χ1n) is 5.17. The zero-order valence-corrected chi connectivity index (χ0v) is 9.76. The molecule has 0 aliphatic heterocycles. The lowest BCUT2D eigenvalue weighted by molar-refractivity contribution is 0.392. The molecule has 1 aromatic heterocycles. The third-order valence-corrected chi connectivity index (χ3v) is 2.61. The molecule has 15 heavy (non-hydrogen) atoms. The third-order valence-electron chi connectivity index (χ3n) is 2.61. The minimum absolute atomic E-state index is 0.854. The van der Waals surface area contributed by atoms with E-state index in [-0.39, 0.29) is 0 Å². The summed E-state index contributed by atoms with van der Waals surface area (Å²) in [6, 6.07) is 4.30. The Hall–Kier alpha value is -1.35. The highest BCUT2D eigenvalue weighted by molar-refractivity contribution is 5.77. The molecule has 3 nitrogen and oxygen atoms in total. The Morgan fingerprint density at radius 1 is 1.20 bits per heavy atom. The molecule has 0 spiro atoms. The smallest absolute Gasteiger partial charge is 0.121 e. The van der Waals surface area contributed by atoms with Crippen molar-refractivity contribution >= 4 is 11.0 Å². The van der Waals surface area contributed by atoms with E-state index < -0.39 is 0 Å². The zero-order valence-electron chi connectivity index (χ0n) is 9.76. The van der Waals surface area contributed by atoms with E-state index in [1.807, 2.05) is 14.1 Å². The zero-order chi connectivity index (χ0) is 11.0. The van der Waals surface area contributed by atoms with Crippen LogP contribution >= 0.6 is 0 Å². The predicted molar refractivity (Wildman–Crippen MR) is 63.0 cm³/mol. The molecule has 0 aliphatic carbocycles. The van der Waals surface area contributed by atoms with Crippen molar-refractivity contribution in [2.75, 3.05) is 14.1 Å². The number of imidazole rings is 1. The normalized spacial score (nSPS) is 11.5. The standard InChI is InChI=1S/C12H17N3/c1-8-5-10-11(6-9(8)2)14-12(13-10)7-15(3)4/h5-6H,7H2,1-4H3,(H,13,14). The van der Waals surface area contributed by atoms with Crippen LogP contribution in [-0.4, -0.2) is 29.0 Å². The van der Waals surface area contributed by atoms with Gasteiger partial charge in [0.2, 0.25) is 0 Å². The Kier molecular flexibility index (Phi) is 2.49. The summed E-state index contributed by atoms with van der Waals surface area (Å²) in [5, 5.41) is 0. The number of rotatable bonds is 2. The topological polar surface area (TPSA) is 31.9 Å². The van der Waals surface area contributed by atoms with E-state index in [2.05, 4.69) is 40.8 Å². The number of hydrogen-bond acceptors (Lipinski definition) is 2. The molecule has 2 aromatic rings. The van der Waals surface area contributed by atoms with Gasteiger partial charge in [-0.05, 0) is 51.2 Å². The van der Waals surface area contributed by atoms with Crippen LogP contribution in [0.15, 0.2) is 12.1 Å². The summed E-state index contributed by atoms with van der Waals surface area (Å²) in [6.07, 6.45) is 0. The molecule has 0 atom stereocenters. The summed E-state index contributed by atoms with van der Waals surface area (Å²) in [5.41, 5.74) is 4.80. The highest BCUT2D eigenvalue weighted by Crippen LogP contribution is 2.17. The molecule has 80 valence electrons. The third kappa shape index (κ3) is 2.02. The largest absolute Gasteiger partial charge is 0.341 e. The minimum Gasteiger partial charge on any atom is -0.341 e. The van der Waals surface area contributed by atoms with Crippen LogP contribution in [0.25, 0.3) is 11.0 Å². The molecular formula is C12H17N3. The summed E-state index contributed by atoms with van der Waals surface area (Å²) in [6.45, 7) is 5.10. The molecule has 0 bridgehead atoms. The molecule has 0 unspecified atom stereocenters. The van der Waals surface area contributed by atoms with Gasteiger partial charge in [-0.1, -0.05) is 0 Å². The maximum atomic E-state index is 4.56. The van der Waals surface area contributed by atoms with E-state index in [1.165, 1.54) is 11.1 Å². The first kappa shape index (κ1) is 10.2. The molecule has 0 saturated heterocycles. The number of nitrogens with one attached hydrogen (secondary N) is 1. The van der Waals surface area contributed by atoms with Gasteiger partial charge in [-0.15, -0.1) is 0 Å². The number of hydrogen-bond donors (Lipinski definition) is 1. The molecule has 0 aliphatic rings. The van der Waals surface area contributed by atoms with Gasteiger partial charge in [0.25, 0.3) is 0 Å². The summed E-state index contributed by atoms with van der Waals surface area (Å²) < 4.78 is 0. The summed E-state index contributed by atoms with van der Waals surface area (Å²) >= 11 is 0. The summed E-state index contributed by atoms with van der Waals surface area (Å²) in [5.74, 6) is 1.03. The molecule has 0 saturated carbocycles. The first-order chi connectivity index (χ1) is 7.06. The number of fused-ring (bicyclic) bond motifs is 1. The van der Waals surface area contributed by atoms with Crippen LogP contribution in [-0.2, 0) is 6.54 Å². The molecule has 0 radical (unpaired) electrons. The predicted octanol–water partition coefficient (Wildman–Crippen LogP) is 2.24. The average Bonchev–Trinajstić information content (AvgIpc) is 2.46. The number of aryl methyl sites for hydroxylation is 2. The summed E-state index contributed by atoms with van der Waals surface area (Å²) in [7, 11) is 4.09. The van der Waals surface area contributed by atoms with E-state index in [4.69, 9.17) is 0 Å². The Bertz CT molecular complexity index is 444. The van der Waals surface area contributed by atoms with Gasteiger partial charge in [0, 0.05) is 0 Å². The van der Waals surface area contributed by atoms with Crippen molar-refractivity contribution in [3.8, 4) is 0 Å². The van der Waals surface area contributed by atoms with E-state index in [1.54, 1.807) is 0 Å². The quantitative estimate of drug-likeness (QED) is 0.811. The average molecular weight is 203 g/mol. The molecule has 0 amide bonds. The van der Waals surface area contributed by atoms with E-state index >= 15 is 0 Å². The van der Waals surface area contributed by atoms with Crippen LogP contribution < -0.4 is 0 Å². The van der Waals surface area contributed by atoms with Crippen molar-refractivity contribution < 1.29 is 0 Å². The summed E-state index contributed by atoms with van der Waals surface area (Å²) in [4.78, 5) is 10.0. The molecule has 0 fully saturated rings. The van der Waals surface area contributed by atoms with Crippen molar-refractivity contribution in [3.63, 3.8) is 0 Å². The molecule has 2 rings (SSSR count). The Labute approximate surface area is 90.1 Å². The van der Waals surface area contributed by atoms with E-state index in [0.29, 0.717) is 0 Å². The van der Waals surface area contributed by atoms with Crippen molar-refractivity contribution in [1.82, 2.24) is 14.9 Å². The van der Waals surface area contributed by atoms with Crippen LogP contribution in [0.1, 0.15) is 17.0 Å². The lowest BCUT2D eigenvalue weighted by Crippen LogP contribution is -2.11. The fraction of sp³-hybridized carbons (Fsp3) is 0.417. The number of aromatic amines is 1. The first-order valence-corrected chi connectivity index (χ1v) is 5.17. The lowest BCUT2D eigenvalue weighted by Gasteiger charge is -2.04. The van der Waals surface area contributed by atoms with Crippen molar-refractivity contribution in [2.24, 2.45) is 0 Å². The molecular weight excluding hydrogens is 186 g/mol. The van der Waals surface area contributed by atoms with Gasteiger partial charge in [-0.25, -0.2) is 4.98 Å². The Balaban J connectivity index is 2.47. The van der Waals surface area contributed by atoms with Gasteiger partial charge in [0.1, 0.15) is 5.82 Å². The maximum absolute atomic E-state index is 4.56. The van der Waals surface area contributed by atoms with Crippen LogP contribution in [0.3, 0.4) is 0 Å². The number of H-pyrrole nitrogens is 1. The molecule has 1 aromatic carbocycles. The molecule has 1 N–H and O–H groups in total. The van der Waals surface area contributed by atoms with Crippen LogP contribution in [0.2, 0.25) is 0 Å². The number of aromatic nitrogens is 2. The highest BCUT2D eigenvalue weighted by atomic mass is 15.1. The second-order valence-electron chi connectivity index (χ2n) is 4.37. The SMILES string of the molecule is Cc1cc2nc(CN(C)C)[nH]c2cc1C. The van der Waals surface area contributed by atoms with E-state index in [0.717, 1.165) is 23.4 Å². The van der Waals surface area contributed by atoms with Gasteiger partial charge < -0.3 is 9.88 Å². The van der Waals surface area contributed by atoms with Gasteiger partial charge in [0.15, 0.2) is 0 Å². The van der Waals surface area contributed by atoms with Crippen LogP contribution in [0.4, 0.5) is 0 Å². The number of nitrogens with zero attached hydrogens (tertiary/aromatic N) is 2. The minimum atomic E-state index is 0.854. The van der Waals surface area contributed by atoms with E-state index in [9.17, 15) is 0 Å². The van der Waals surface area contributed by atoms with Gasteiger partial charge in [0.05, 0.1) is 17.6 Å². The fourth-order valence-corrected chi connectivity index (χ4v) is 1.70. The second kappa shape index (κ2) is 3.66. The van der Waals surface area contributed by atoms with Crippen molar-refractivity contribution in [3.05, 3.63) is 29.1 Å². The van der Waals surface area contributed by atoms with Gasteiger partial charge in [-0.2, -0.15) is 0 Å². The fourth-order valence-electron chi connectivity index (χ4n) is 1.70. The van der Waals surface area contributed by atoms with Crippen LogP contribution in [0.5, 0.6) is 0 Å². The van der Waals surface area contributed by atoms with Gasteiger partial charge >= 0.3 is 0 Å². The maximum Gasteiger partial charge on any atom is 0.121 e. The number of benzene rings is 1.